The molecule has 0 aliphatic carbocycles. The molecule has 0 heterocycles. The van der Waals surface area contributed by atoms with Gasteiger partial charge in [0, 0.05) is 0 Å². The Morgan fingerprint density at radius 1 is 1.27 bits per heavy atom. The molecule has 0 saturated heterocycles. The van der Waals surface area contributed by atoms with Crippen LogP contribution in [0.2, 0.25) is 0 Å². The van der Waals surface area contributed by atoms with Crippen LogP contribution in [0.25, 0.3) is 0 Å². The van der Waals surface area contributed by atoms with E-state index in [0.717, 1.165) is 18.8 Å². The summed E-state index contributed by atoms with van der Waals surface area (Å²) in [6.45, 7) is 7.98. The molecule has 11 heavy (non-hydrogen) atoms. The first kappa shape index (κ1) is 10.7. The summed E-state index contributed by atoms with van der Waals surface area (Å²) in [7, 11) is 0. The highest BCUT2D eigenvalue weighted by atomic mass is 16.3. The molecule has 1 heteroatoms. The van der Waals surface area contributed by atoms with Crippen molar-refractivity contribution in [1.29, 1.82) is 0 Å². The fourth-order valence-electron chi connectivity index (χ4n) is 1.02. The predicted molar refractivity (Wildman–Crippen MR) is 49.5 cm³/mol. The van der Waals surface area contributed by atoms with Crippen molar-refractivity contribution in [2.24, 2.45) is 5.92 Å². The van der Waals surface area contributed by atoms with Crippen LogP contribution in [0.15, 0.2) is 12.7 Å². The largest absolute Gasteiger partial charge is 0.389 e. The van der Waals surface area contributed by atoms with Crippen LogP contribution in [0, 0.1) is 5.92 Å². The molecular formula is C10H20O. The van der Waals surface area contributed by atoms with Crippen molar-refractivity contribution in [2.45, 2.75) is 45.6 Å². The maximum absolute atomic E-state index is 9.11. The van der Waals surface area contributed by atoms with Gasteiger partial charge in [-0.25, -0.2) is 0 Å². The molecule has 0 aromatic carbocycles. The van der Waals surface area contributed by atoms with Crippen LogP contribution in [-0.2, 0) is 0 Å². The Bertz CT molecular complexity index is 97.0. The number of unbranched alkanes of at least 4 members (excludes halogenated alkanes) is 1. The molecule has 0 aromatic rings. The number of hydrogen-bond donors (Lipinski definition) is 1. The first-order valence-electron chi connectivity index (χ1n) is 4.47. The predicted octanol–water partition coefficient (Wildman–Crippen LogP) is 2.75. The molecule has 0 amide bonds. The summed E-state index contributed by atoms with van der Waals surface area (Å²) < 4.78 is 0. The molecule has 0 fully saturated rings. The van der Waals surface area contributed by atoms with Crippen molar-refractivity contribution in [1.82, 2.24) is 0 Å². The topological polar surface area (TPSA) is 20.2 Å². The van der Waals surface area contributed by atoms with Gasteiger partial charge in [-0.2, -0.15) is 0 Å². The molecule has 0 rings (SSSR count). The van der Waals surface area contributed by atoms with E-state index < -0.39 is 0 Å². The Labute approximate surface area is 70.1 Å². The maximum Gasteiger partial charge on any atom is 0.0718 e. The van der Waals surface area contributed by atoms with Crippen molar-refractivity contribution in [3.8, 4) is 0 Å². The van der Waals surface area contributed by atoms with Crippen LogP contribution < -0.4 is 0 Å². The van der Waals surface area contributed by atoms with Crippen LogP contribution in [0.5, 0.6) is 0 Å². The van der Waals surface area contributed by atoms with Crippen LogP contribution in [0.4, 0.5) is 0 Å². The van der Waals surface area contributed by atoms with Gasteiger partial charge in [0.05, 0.1) is 6.10 Å². The second-order valence-corrected chi connectivity index (χ2v) is 3.48. The Hall–Kier alpha value is -0.300. The van der Waals surface area contributed by atoms with Gasteiger partial charge in [0.25, 0.3) is 0 Å². The normalized spacial score (nSPS) is 13.5. The molecule has 0 bridgehead atoms. The summed E-state index contributed by atoms with van der Waals surface area (Å²) in [6.07, 6.45) is 5.80. The van der Waals surface area contributed by atoms with E-state index in [1.54, 1.807) is 6.08 Å². The summed E-state index contributed by atoms with van der Waals surface area (Å²) >= 11 is 0. The van der Waals surface area contributed by atoms with Gasteiger partial charge in [-0.15, -0.1) is 6.58 Å². The van der Waals surface area contributed by atoms with E-state index in [2.05, 4.69) is 20.4 Å². The minimum atomic E-state index is -0.290. The molecule has 0 aromatic heterocycles. The summed E-state index contributed by atoms with van der Waals surface area (Å²) in [6, 6.07) is 0. The zero-order valence-corrected chi connectivity index (χ0v) is 7.71. The van der Waals surface area contributed by atoms with E-state index >= 15 is 0 Å². The van der Waals surface area contributed by atoms with E-state index in [1.165, 1.54) is 12.8 Å². The zero-order chi connectivity index (χ0) is 8.69. The Kier molecular flexibility index (Phi) is 6.24. The monoisotopic (exact) mass is 156 g/mol. The standard InChI is InChI=1S/C10H20O/c1-4-10(11)8-6-5-7-9(2)3/h4,9-11H,1,5-8H2,2-3H3. The quantitative estimate of drug-likeness (QED) is 0.463. The number of rotatable bonds is 6. The van der Waals surface area contributed by atoms with Crippen molar-refractivity contribution in [2.75, 3.05) is 0 Å². The molecule has 0 aliphatic heterocycles. The number of aliphatic hydroxyl groups excluding tert-OH is 1. The van der Waals surface area contributed by atoms with Gasteiger partial charge >= 0.3 is 0 Å². The lowest BCUT2D eigenvalue weighted by atomic mass is 10.0. The van der Waals surface area contributed by atoms with E-state index in [1.807, 2.05) is 0 Å². The first-order chi connectivity index (χ1) is 5.16. The van der Waals surface area contributed by atoms with Crippen LogP contribution in [0.1, 0.15) is 39.5 Å². The highest BCUT2D eigenvalue weighted by molar-refractivity contribution is 4.77. The van der Waals surface area contributed by atoms with Gasteiger partial charge in [0.2, 0.25) is 0 Å². The molecule has 0 radical (unpaired) electrons. The molecule has 0 aliphatic rings. The lowest BCUT2D eigenvalue weighted by Crippen LogP contribution is -2.00. The summed E-state index contributed by atoms with van der Waals surface area (Å²) in [5.41, 5.74) is 0. The van der Waals surface area contributed by atoms with Crippen LogP contribution >= 0.6 is 0 Å². The fourth-order valence-corrected chi connectivity index (χ4v) is 1.02. The molecular weight excluding hydrogens is 136 g/mol. The number of hydrogen-bond acceptors (Lipinski definition) is 1. The third-order valence-electron chi connectivity index (χ3n) is 1.80. The molecule has 1 N–H and O–H groups in total. The van der Waals surface area contributed by atoms with Crippen LogP contribution in [0.3, 0.4) is 0 Å². The number of aliphatic hydroxyl groups is 1. The van der Waals surface area contributed by atoms with Gasteiger partial charge in [-0.05, 0) is 12.3 Å². The van der Waals surface area contributed by atoms with E-state index in [0.29, 0.717) is 0 Å². The zero-order valence-electron chi connectivity index (χ0n) is 7.71. The summed E-state index contributed by atoms with van der Waals surface area (Å²) in [5, 5.41) is 9.11. The van der Waals surface area contributed by atoms with Gasteiger partial charge in [0.1, 0.15) is 0 Å². The molecule has 1 atom stereocenters. The molecule has 1 unspecified atom stereocenters. The third-order valence-corrected chi connectivity index (χ3v) is 1.80. The van der Waals surface area contributed by atoms with Crippen molar-refractivity contribution < 1.29 is 5.11 Å². The molecule has 0 saturated carbocycles. The second kappa shape index (κ2) is 6.41. The third kappa shape index (κ3) is 7.60. The summed E-state index contributed by atoms with van der Waals surface area (Å²) in [4.78, 5) is 0. The smallest absolute Gasteiger partial charge is 0.0718 e. The van der Waals surface area contributed by atoms with Gasteiger partial charge in [0.15, 0.2) is 0 Å². The van der Waals surface area contributed by atoms with Gasteiger partial charge in [-0.1, -0.05) is 39.2 Å². The lowest BCUT2D eigenvalue weighted by molar-refractivity contribution is 0.207. The lowest BCUT2D eigenvalue weighted by Gasteiger charge is -2.05. The van der Waals surface area contributed by atoms with Crippen LogP contribution in [-0.4, -0.2) is 11.2 Å². The van der Waals surface area contributed by atoms with Gasteiger partial charge in [-0.3, -0.25) is 0 Å². The van der Waals surface area contributed by atoms with Crippen molar-refractivity contribution in [3.63, 3.8) is 0 Å². The SMILES string of the molecule is C=CC(O)CCCCC(C)C. The molecule has 66 valence electrons. The van der Waals surface area contributed by atoms with E-state index in [4.69, 9.17) is 5.11 Å². The Morgan fingerprint density at radius 3 is 2.27 bits per heavy atom. The first-order valence-corrected chi connectivity index (χ1v) is 4.47. The molecule has 1 nitrogen and oxygen atoms in total. The second-order valence-electron chi connectivity index (χ2n) is 3.48. The van der Waals surface area contributed by atoms with E-state index in [-0.39, 0.29) is 6.10 Å². The summed E-state index contributed by atoms with van der Waals surface area (Å²) in [5.74, 6) is 0.788. The van der Waals surface area contributed by atoms with E-state index in [9.17, 15) is 0 Å². The highest BCUT2D eigenvalue weighted by Gasteiger charge is 1.98. The van der Waals surface area contributed by atoms with Crippen molar-refractivity contribution in [3.05, 3.63) is 12.7 Å². The Morgan fingerprint density at radius 2 is 1.82 bits per heavy atom. The Balaban J connectivity index is 3.07. The average molecular weight is 156 g/mol. The minimum absolute atomic E-state index is 0.290. The highest BCUT2D eigenvalue weighted by Crippen LogP contribution is 2.09. The van der Waals surface area contributed by atoms with Gasteiger partial charge < -0.3 is 5.11 Å². The van der Waals surface area contributed by atoms with Crippen molar-refractivity contribution >= 4 is 0 Å². The fraction of sp³-hybridized carbons (Fsp3) is 0.800. The minimum Gasteiger partial charge on any atom is -0.389 e. The average Bonchev–Trinajstić information content (AvgIpc) is 1.97. The molecule has 0 spiro atoms. The maximum atomic E-state index is 9.11.